The number of carbonyl (C=O) groups excluding carboxylic acids is 1. The Morgan fingerprint density at radius 2 is 2.26 bits per heavy atom. The second-order valence-electron chi connectivity index (χ2n) is 5.38. The molecule has 1 aliphatic rings. The monoisotopic (exact) mass is 324 g/mol. The lowest BCUT2D eigenvalue weighted by molar-refractivity contribution is 0.101. The predicted octanol–water partition coefficient (Wildman–Crippen LogP) is 3.18. The summed E-state index contributed by atoms with van der Waals surface area (Å²) in [5.74, 6) is 0.102. The fourth-order valence-corrected chi connectivity index (χ4v) is 3.34. The summed E-state index contributed by atoms with van der Waals surface area (Å²) in [4.78, 5) is 16.0. The Bertz CT molecular complexity index is 475. The summed E-state index contributed by atoms with van der Waals surface area (Å²) in [6.45, 7) is 3.82. The Labute approximate surface area is 123 Å². The van der Waals surface area contributed by atoms with Crippen LogP contribution in [0.1, 0.15) is 30.1 Å². The lowest BCUT2D eigenvalue weighted by Gasteiger charge is -2.28. The van der Waals surface area contributed by atoms with E-state index in [0.29, 0.717) is 6.04 Å². The molecule has 1 saturated heterocycles. The number of likely N-dealkylation sites (tertiary alicyclic amines) is 1. The third-order valence-corrected chi connectivity index (χ3v) is 4.56. The van der Waals surface area contributed by atoms with Crippen LogP contribution in [-0.2, 0) is 0 Å². The zero-order chi connectivity index (χ0) is 14.0. The SMILES string of the molecule is CC(=O)c1ccc(N(C)CC2CCCN2C)c(Br)c1. The van der Waals surface area contributed by atoms with Crippen molar-refractivity contribution in [3.8, 4) is 0 Å². The minimum atomic E-state index is 0.102. The van der Waals surface area contributed by atoms with Gasteiger partial charge in [-0.2, -0.15) is 0 Å². The molecule has 1 aromatic carbocycles. The average molecular weight is 325 g/mol. The maximum absolute atomic E-state index is 11.4. The predicted molar refractivity (Wildman–Crippen MR) is 83.1 cm³/mol. The van der Waals surface area contributed by atoms with E-state index < -0.39 is 0 Å². The second kappa shape index (κ2) is 6.06. The number of likely N-dealkylation sites (N-methyl/N-ethyl adjacent to an activating group) is 2. The Hall–Kier alpha value is -0.870. The Morgan fingerprint density at radius 1 is 1.53 bits per heavy atom. The van der Waals surface area contributed by atoms with Gasteiger partial charge in [0.15, 0.2) is 5.78 Å². The molecule has 104 valence electrons. The Balaban J connectivity index is 2.10. The zero-order valence-electron chi connectivity index (χ0n) is 11.8. The van der Waals surface area contributed by atoms with Crippen molar-refractivity contribution in [3.05, 3.63) is 28.2 Å². The molecule has 0 aromatic heterocycles. The molecule has 0 N–H and O–H groups in total. The van der Waals surface area contributed by atoms with Crippen molar-refractivity contribution < 1.29 is 4.79 Å². The summed E-state index contributed by atoms with van der Waals surface area (Å²) in [5.41, 5.74) is 1.90. The number of halogens is 1. The average Bonchev–Trinajstić information content (AvgIpc) is 2.74. The number of ketones is 1. The number of hydrogen-bond acceptors (Lipinski definition) is 3. The number of nitrogens with zero attached hydrogens (tertiary/aromatic N) is 2. The lowest BCUT2D eigenvalue weighted by Crippen LogP contribution is -2.36. The van der Waals surface area contributed by atoms with E-state index in [1.165, 1.54) is 19.4 Å². The van der Waals surface area contributed by atoms with Crippen LogP contribution in [0.3, 0.4) is 0 Å². The summed E-state index contributed by atoms with van der Waals surface area (Å²) < 4.78 is 0.989. The van der Waals surface area contributed by atoms with Crippen molar-refractivity contribution in [1.29, 1.82) is 0 Å². The molecule has 1 atom stereocenters. The van der Waals surface area contributed by atoms with Gasteiger partial charge in [-0.1, -0.05) is 0 Å². The standard InChI is InChI=1S/C15H21BrN2O/c1-11(19)12-6-7-15(14(16)9-12)18(3)10-13-5-4-8-17(13)2/h6-7,9,13H,4-5,8,10H2,1-3H3. The van der Waals surface area contributed by atoms with E-state index in [1.807, 2.05) is 18.2 Å². The van der Waals surface area contributed by atoms with E-state index >= 15 is 0 Å². The van der Waals surface area contributed by atoms with Gasteiger partial charge < -0.3 is 9.80 Å². The van der Waals surface area contributed by atoms with Gasteiger partial charge in [0.2, 0.25) is 0 Å². The van der Waals surface area contributed by atoms with E-state index in [2.05, 4.69) is 39.8 Å². The number of Topliss-reactive ketones (excluding diaryl/α,β-unsaturated/α-hetero) is 1. The van der Waals surface area contributed by atoms with Gasteiger partial charge in [-0.3, -0.25) is 4.79 Å². The molecule has 0 aliphatic carbocycles. The van der Waals surface area contributed by atoms with Gasteiger partial charge in [0.25, 0.3) is 0 Å². The first-order valence-corrected chi connectivity index (χ1v) is 7.50. The second-order valence-corrected chi connectivity index (χ2v) is 6.23. The van der Waals surface area contributed by atoms with E-state index in [-0.39, 0.29) is 5.78 Å². The van der Waals surface area contributed by atoms with Crippen LogP contribution in [0, 0.1) is 0 Å². The minimum Gasteiger partial charge on any atom is -0.372 e. The number of benzene rings is 1. The number of rotatable bonds is 4. The van der Waals surface area contributed by atoms with Gasteiger partial charge in [0.05, 0.1) is 5.69 Å². The van der Waals surface area contributed by atoms with E-state index in [9.17, 15) is 4.79 Å². The summed E-state index contributed by atoms with van der Waals surface area (Å²) in [7, 11) is 4.30. The molecule has 1 heterocycles. The third kappa shape index (κ3) is 3.37. The van der Waals surface area contributed by atoms with Crippen molar-refractivity contribution in [2.75, 3.05) is 32.1 Å². The molecule has 3 nitrogen and oxygen atoms in total. The normalized spacial score (nSPS) is 19.7. The smallest absolute Gasteiger partial charge is 0.159 e. The fourth-order valence-electron chi connectivity index (χ4n) is 2.66. The molecule has 0 spiro atoms. The molecule has 19 heavy (non-hydrogen) atoms. The van der Waals surface area contributed by atoms with Crippen LogP contribution in [-0.4, -0.2) is 43.9 Å². The Morgan fingerprint density at radius 3 is 2.79 bits per heavy atom. The molecule has 2 rings (SSSR count). The van der Waals surface area contributed by atoms with Gasteiger partial charge in [-0.15, -0.1) is 0 Å². The highest BCUT2D eigenvalue weighted by Crippen LogP contribution is 2.28. The van der Waals surface area contributed by atoms with E-state index in [1.54, 1.807) is 6.92 Å². The van der Waals surface area contributed by atoms with Crippen LogP contribution >= 0.6 is 15.9 Å². The molecule has 1 aliphatic heterocycles. The van der Waals surface area contributed by atoms with E-state index in [0.717, 1.165) is 22.3 Å². The fraction of sp³-hybridized carbons (Fsp3) is 0.533. The minimum absolute atomic E-state index is 0.102. The van der Waals surface area contributed by atoms with Gasteiger partial charge in [0, 0.05) is 29.7 Å². The largest absolute Gasteiger partial charge is 0.372 e. The molecule has 0 bridgehead atoms. The topological polar surface area (TPSA) is 23.6 Å². The number of anilines is 1. The highest BCUT2D eigenvalue weighted by molar-refractivity contribution is 9.10. The van der Waals surface area contributed by atoms with Crippen molar-refractivity contribution in [3.63, 3.8) is 0 Å². The van der Waals surface area contributed by atoms with Gasteiger partial charge in [0.1, 0.15) is 0 Å². The summed E-state index contributed by atoms with van der Waals surface area (Å²) in [6.07, 6.45) is 2.56. The van der Waals surface area contributed by atoms with Crippen molar-refractivity contribution in [2.45, 2.75) is 25.8 Å². The molecular formula is C15H21BrN2O. The summed E-state index contributed by atoms with van der Waals surface area (Å²) in [6, 6.07) is 6.46. The maximum atomic E-state index is 11.4. The third-order valence-electron chi connectivity index (χ3n) is 3.92. The van der Waals surface area contributed by atoms with Crippen LogP contribution in [0.15, 0.2) is 22.7 Å². The van der Waals surface area contributed by atoms with Crippen LogP contribution in [0.5, 0.6) is 0 Å². The van der Waals surface area contributed by atoms with Crippen molar-refractivity contribution in [2.24, 2.45) is 0 Å². The number of carbonyl (C=O) groups is 1. The first-order valence-electron chi connectivity index (χ1n) is 6.71. The first-order chi connectivity index (χ1) is 8.99. The number of hydrogen-bond donors (Lipinski definition) is 0. The molecule has 1 unspecified atom stereocenters. The zero-order valence-corrected chi connectivity index (χ0v) is 13.4. The molecule has 4 heteroatoms. The molecule has 0 amide bonds. The highest BCUT2D eigenvalue weighted by atomic mass is 79.9. The van der Waals surface area contributed by atoms with Gasteiger partial charge in [-0.25, -0.2) is 0 Å². The van der Waals surface area contributed by atoms with Crippen LogP contribution in [0.4, 0.5) is 5.69 Å². The van der Waals surface area contributed by atoms with Crippen LogP contribution < -0.4 is 4.90 Å². The van der Waals surface area contributed by atoms with Crippen LogP contribution in [0.2, 0.25) is 0 Å². The summed E-state index contributed by atoms with van der Waals surface area (Å²) in [5, 5.41) is 0. The first kappa shape index (κ1) is 14.5. The molecular weight excluding hydrogens is 304 g/mol. The quantitative estimate of drug-likeness (QED) is 0.795. The highest BCUT2D eigenvalue weighted by Gasteiger charge is 2.22. The molecule has 1 fully saturated rings. The Kier molecular flexibility index (Phi) is 4.63. The molecule has 0 radical (unpaired) electrons. The van der Waals surface area contributed by atoms with Gasteiger partial charge in [-0.05, 0) is 67.5 Å². The van der Waals surface area contributed by atoms with Crippen molar-refractivity contribution in [1.82, 2.24) is 4.90 Å². The molecule has 0 saturated carbocycles. The van der Waals surface area contributed by atoms with E-state index in [4.69, 9.17) is 0 Å². The lowest BCUT2D eigenvalue weighted by atomic mass is 10.1. The molecule has 1 aromatic rings. The maximum Gasteiger partial charge on any atom is 0.159 e. The van der Waals surface area contributed by atoms with Crippen molar-refractivity contribution >= 4 is 27.4 Å². The summed E-state index contributed by atoms with van der Waals surface area (Å²) >= 11 is 3.57. The van der Waals surface area contributed by atoms with Gasteiger partial charge >= 0.3 is 0 Å². The van der Waals surface area contributed by atoms with Crippen LogP contribution in [0.25, 0.3) is 0 Å².